The molecule has 0 radical (unpaired) electrons. The van der Waals surface area contributed by atoms with E-state index in [1.807, 2.05) is 19.1 Å². The van der Waals surface area contributed by atoms with E-state index in [4.69, 9.17) is 21.1 Å². The van der Waals surface area contributed by atoms with Gasteiger partial charge >= 0.3 is 0 Å². The summed E-state index contributed by atoms with van der Waals surface area (Å²) in [5.41, 5.74) is -0.252. The minimum Gasteiger partial charge on any atom is -0.489 e. The Bertz CT molecular complexity index is 564. The molecule has 2 aliphatic rings. The first kappa shape index (κ1) is 18.0. The lowest BCUT2D eigenvalue weighted by atomic mass is 9.88. The molecule has 6 heteroatoms. The van der Waals surface area contributed by atoms with E-state index in [1.165, 1.54) is 0 Å². The molecule has 1 aromatic rings. The number of rotatable bonds is 4. The third-order valence-electron chi connectivity index (χ3n) is 5.06. The summed E-state index contributed by atoms with van der Waals surface area (Å²) in [5, 5.41) is 21.8. The molecule has 0 unspecified atom stereocenters. The van der Waals surface area contributed by atoms with Crippen molar-refractivity contribution < 1.29 is 19.7 Å². The van der Waals surface area contributed by atoms with Crippen LogP contribution < -0.4 is 4.74 Å². The molecule has 5 nitrogen and oxygen atoms in total. The highest BCUT2D eigenvalue weighted by Crippen LogP contribution is 2.30. The molecule has 2 fully saturated rings. The molecule has 0 bridgehead atoms. The fraction of sp³-hybridized carbons (Fsp3) is 0.667. The summed E-state index contributed by atoms with van der Waals surface area (Å²) < 4.78 is 11.2. The van der Waals surface area contributed by atoms with Crippen molar-refractivity contribution in [3.63, 3.8) is 0 Å². The van der Waals surface area contributed by atoms with Gasteiger partial charge in [-0.15, -0.1) is 0 Å². The highest BCUT2D eigenvalue weighted by atomic mass is 35.5. The van der Waals surface area contributed by atoms with E-state index in [0.29, 0.717) is 29.8 Å². The zero-order chi connectivity index (χ0) is 17.2. The standard InChI is InChI=1S/C18H26ClNO4/c1-13-2-3-15(19)16(10-13)24-12-18(22)11-20(7-4-17(18)21)14-5-8-23-9-6-14/h2-3,10,14,17,21-22H,4-9,11-12H2,1H3/t17-,18-/m0/s1. The van der Waals surface area contributed by atoms with Gasteiger partial charge in [0.2, 0.25) is 0 Å². The zero-order valence-corrected chi connectivity index (χ0v) is 14.8. The molecule has 0 amide bonds. The fourth-order valence-electron chi connectivity index (χ4n) is 3.52. The van der Waals surface area contributed by atoms with Crippen LogP contribution in [0.25, 0.3) is 0 Å². The van der Waals surface area contributed by atoms with Gasteiger partial charge < -0.3 is 19.7 Å². The second kappa shape index (κ2) is 7.58. The molecule has 2 aliphatic heterocycles. The maximum absolute atomic E-state index is 11.0. The summed E-state index contributed by atoms with van der Waals surface area (Å²) in [7, 11) is 0. The summed E-state index contributed by atoms with van der Waals surface area (Å²) in [6.45, 7) is 4.70. The Morgan fingerprint density at radius 2 is 2.08 bits per heavy atom. The second-order valence-electron chi connectivity index (χ2n) is 6.94. The highest BCUT2D eigenvalue weighted by molar-refractivity contribution is 6.32. The van der Waals surface area contributed by atoms with E-state index < -0.39 is 11.7 Å². The van der Waals surface area contributed by atoms with Crippen LogP contribution in [0.2, 0.25) is 5.02 Å². The quantitative estimate of drug-likeness (QED) is 0.865. The fourth-order valence-corrected chi connectivity index (χ4v) is 3.69. The van der Waals surface area contributed by atoms with Crippen LogP contribution in [0.4, 0.5) is 0 Å². The molecule has 2 heterocycles. The lowest BCUT2D eigenvalue weighted by molar-refractivity contribution is -0.149. The van der Waals surface area contributed by atoms with Crippen LogP contribution in [0.1, 0.15) is 24.8 Å². The second-order valence-corrected chi connectivity index (χ2v) is 7.35. The van der Waals surface area contributed by atoms with Crippen LogP contribution in [0.5, 0.6) is 5.75 Å². The lowest BCUT2D eigenvalue weighted by Gasteiger charge is -2.46. The van der Waals surface area contributed by atoms with Crippen molar-refractivity contribution in [2.24, 2.45) is 0 Å². The third-order valence-corrected chi connectivity index (χ3v) is 5.37. The van der Waals surface area contributed by atoms with Crippen molar-refractivity contribution in [2.75, 3.05) is 32.9 Å². The van der Waals surface area contributed by atoms with E-state index in [2.05, 4.69) is 4.90 Å². The highest BCUT2D eigenvalue weighted by Gasteiger charge is 2.43. The molecular weight excluding hydrogens is 330 g/mol. The number of likely N-dealkylation sites (tertiary alicyclic amines) is 1. The van der Waals surface area contributed by atoms with E-state index in [1.54, 1.807) is 6.07 Å². The van der Waals surface area contributed by atoms with Crippen LogP contribution >= 0.6 is 11.6 Å². The van der Waals surface area contributed by atoms with Gasteiger partial charge in [0.1, 0.15) is 18.0 Å². The molecule has 3 rings (SSSR count). The molecule has 0 spiro atoms. The number of benzene rings is 1. The van der Waals surface area contributed by atoms with Gasteiger partial charge in [0.25, 0.3) is 0 Å². The van der Waals surface area contributed by atoms with E-state index >= 15 is 0 Å². The summed E-state index contributed by atoms with van der Waals surface area (Å²) >= 11 is 6.15. The predicted molar refractivity (Wildman–Crippen MR) is 92.7 cm³/mol. The van der Waals surface area contributed by atoms with Gasteiger partial charge in [-0.1, -0.05) is 17.7 Å². The summed E-state index contributed by atoms with van der Waals surface area (Å²) in [4.78, 5) is 2.26. The number of nitrogens with zero attached hydrogens (tertiary/aromatic N) is 1. The molecule has 0 aliphatic carbocycles. The van der Waals surface area contributed by atoms with Crippen LogP contribution in [0.3, 0.4) is 0 Å². The normalized spacial score (nSPS) is 29.6. The average molecular weight is 356 g/mol. The zero-order valence-electron chi connectivity index (χ0n) is 14.1. The lowest BCUT2D eigenvalue weighted by Crippen LogP contribution is -2.62. The van der Waals surface area contributed by atoms with Gasteiger partial charge in [-0.25, -0.2) is 0 Å². The van der Waals surface area contributed by atoms with Gasteiger partial charge in [-0.3, -0.25) is 4.90 Å². The monoisotopic (exact) mass is 355 g/mol. The third kappa shape index (κ3) is 4.03. The molecule has 2 saturated heterocycles. The van der Waals surface area contributed by atoms with E-state index in [-0.39, 0.29) is 6.61 Å². The minimum absolute atomic E-state index is 0.0249. The Morgan fingerprint density at radius 1 is 1.33 bits per heavy atom. The number of aryl methyl sites for hydroxylation is 1. The van der Waals surface area contributed by atoms with Crippen molar-refractivity contribution in [1.29, 1.82) is 0 Å². The first-order valence-electron chi connectivity index (χ1n) is 8.59. The van der Waals surface area contributed by atoms with Gasteiger partial charge in [0.15, 0.2) is 0 Å². The predicted octanol–water partition coefficient (Wildman–Crippen LogP) is 2.00. The van der Waals surface area contributed by atoms with Gasteiger partial charge in [-0.05, 0) is 43.9 Å². The molecule has 2 N–H and O–H groups in total. The maximum atomic E-state index is 11.0. The van der Waals surface area contributed by atoms with Crippen molar-refractivity contribution >= 4 is 11.6 Å². The number of aliphatic hydroxyl groups excluding tert-OH is 1. The van der Waals surface area contributed by atoms with Crippen LogP contribution in [-0.4, -0.2) is 65.8 Å². The SMILES string of the molecule is Cc1ccc(Cl)c(OC[C@@]2(O)CN(C3CCOCC3)CC[C@@H]2O)c1. The van der Waals surface area contributed by atoms with Gasteiger partial charge in [0.05, 0.1) is 11.1 Å². The largest absolute Gasteiger partial charge is 0.489 e. The topological polar surface area (TPSA) is 62.2 Å². The molecule has 0 aromatic heterocycles. The Balaban J connectivity index is 1.66. The van der Waals surface area contributed by atoms with Crippen LogP contribution in [0, 0.1) is 6.92 Å². The molecule has 1 aromatic carbocycles. The van der Waals surface area contributed by atoms with Crippen molar-refractivity contribution in [2.45, 2.75) is 43.9 Å². The number of ether oxygens (including phenoxy) is 2. The summed E-state index contributed by atoms with van der Waals surface area (Å²) in [6.07, 6.45) is 1.68. The summed E-state index contributed by atoms with van der Waals surface area (Å²) in [5.74, 6) is 0.542. The number of piperidine rings is 1. The van der Waals surface area contributed by atoms with E-state index in [9.17, 15) is 10.2 Å². The Hall–Kier alpha value is -0.850. The van der Waals surface area contributed by atoms with Gasteiger partial charge in [0, 0.05) is 32.3 Å². The number of hydrogen-bond acceptors (Lipinski definition) is 5. The number of hydrogen-bond donors (Lipinski definition) is 2. The Morgan fingerprint density at radius 3 is 2.83 bits per heavy atom. The first-order chi connectivity index (χ1) is 11.5. The molecule has 2 atom stereocenters. The number of β-amino-alcohol motifs (C(OH)–C–C–N with tert-alkyl or cyclic N) is 1. The van der Waals surface area contributed by atoms with Crippen molar-refractivity contribution in [3.8, 4) is 5.75 Å². The smallest absolute Gasteiger partial charge is 0.138 e. The minimum atomic E-state index is -1.29. The number of halogens is 1. The summed E-state index contributed by atoms with van der Waals surface area (Å²) in [6, 6.07) is 5.94. The van der Waals surface area contributed by atoms with Gasteiger partial charge in [-0.2, -0.15) is 0 Å². The maximum Gasteiger partial charge on any atom is 0.138 e. The van der Waals surface area contributed by atoms with Crippen molar-refractivity contribution in [3.05, 3.63) is 28.8 Å². The number of aliphatic hydroxyl groups is 2. The average Bonchev–Trinajstić information content (AvgIpc) is 2.59. The van der Waals surface area contributed by atoms with Crippen LogP contribution in [-0.2, 0) is 4.74 Å². The van der Waals surface area contributed by atoms with Crippen LogP contribution in [0.15, 0.2) is 18.2 Å². The molecule has 134 valence electrons. The van der Waals surface area contributed by atoms with Crippen molar-refractivity contribution in [1.82, 2.24) is 4.90 Å². The first-order valence-corrected chi connectivity index (χ1v) is 8.97. The van der Waals surface area contributed by atoms with E-state index in [0.717, 1.165) is 38.2 Å². The Labute approximate surface area is 148 Å². The molecule has 0 saturated carbocycles. The molecule has 24 heavy (non-hydrogen) atoms. The molecular formula is C18H26ClNO4. The Kier molecular flexibility index (Phi) is 5.67.